The highest BCUT2D eigenvalue weighted by atomic mass is 35.5. The van der Waals surface area contributed by atoms with E-state index < -0.39 is 5.60 Å². The first-order valence-electron chi connectivity index (χ1n) is 4.49. The second-order valence-electron chi connectivity index (χ2n) is 4.33. The third-order valence-electron chi connectivity index (χ3n) is 1.77. The van der Waals surface area contributed by atoms with Crippen molar-refractivity contribution in [1.82, 2.24) is 5.32 Å². The van der Waals surface area contributed by atoms with Crippen LogP contribution in [0.2, 0.25) is 0 Å². The second-order valence-corrected chi connectivity index (χ2v) is 4.94. The predicted molar refractivity (Wildman–Crippen MR) is 51.9 cm³/mol. The number of alkyl halides is 1. The van der Waals surface area contributed by atoms with Crippen molar-refractivity contribution in [2.24, 2.45) is 0 Å². The number of esters is 1. The Labute approximate surface area is 83.8 Å². The van der Waals surface area contributed by atoms with Gasteiger partial charge in [0.1, 0.15) is 11.6 Å². The van der Waals surface area contributed by atoms with Crippen molar-refractivity contribution in [2.75, 3.05) is 6.54 Å². The molecule has 76 valence electrons. The molecule has 4 heteroatoms. The zero-order chi connectivity index (χ0) is 10.1. The minimum Gasteiger partial charge on any atom is -0.459 e. The number of ether oxygens (including phenoxy) is 1. The smallest absolute Gasteiger partial charge is 0.323 e. The Morgan fingerprint density at radius 1 is 1.54 bits per heavy atom. The van der Waals surface area contributed by atoms with Crippen molar-refractivity contribution >= 4 is 17.6 Å². The molecule has 1 unspecified atom stereocenters. The summed E-state index contributed by atoms with van der Waals surface area (Å²) < 4.78 is 5.21. The van der Waals surface area contributed by atoms with Gasteiger partial charge >= 0.3 is 5.97 Å². The van der Waals surface area contributed by atoms with Gasteiger partial charge in [-0.2, -0.15) is 0 Å². The van der Waals surface area contributed by atoms with E-state index in [4.69, 9.17) is 16.3 Å². The first-order valence-corrected chi connectivity index (χ1v) is 4.92. The summed E-state index contributed by atoms with van der Waals surface area (Å²) in [6.45, 7) is 6.26. The summed E-state index contributed by atoms with van der Waals surface area (Å²) in [6.07, 6.45) is 0.663. The van der Waals surface area contributed by atoms with E-state index in [2.05, 4.69) is 5.32 Å². The molecule has 1 aliphatic rings. The highest BCUT2D eigenvalue weighted by molar-refractivity contribution is 6.21. The average Bonchev–Trinajstić information content (AvgIpc) is 2.31. The summed E-state index contributed by atoms with van der Waals surface area (Å²) in [6, 6.07) is -0.221. The molecule has 1 N–H and O–H groups in total. The number of nitrogens with one attached hydrogen (secondary N) is 1. The van der Waals surface area contributed by atoms with Crippen LogP contribution < -0.4 is 5.32 Å². The molecular formula is C9H16ClNO2. The predicted octanol–water partition coefficient (Wildman–Crippen LogP) is 1.30. The molecule has 0 aromatic carbocycles. The van der Waals surface area contributed by atoms with Gasteiger partial charge in [-0.1, -0.05) is 0 Å². The minimum absolute atomic E-state index is 0.0533. The molecule has 0 aliphatic carbocycles. The van der Waals surface area contributed by atoms with Gasteiger partial charge in [-0.15, -0.1) is 11.6 Å². The van der Waals surface area contributed by atoms with Crippen molar-refractivity contribution in [1.29, 1.82) is 0 Å². The molecule has 1 rings (SSSR count). The van der Waals surface area contributed by atoms with Crippen molar-refractivity contribution in [3.63, 3.8) is 0 Å². The number of carbonyl (C=O) groups excluding carboxylic acids is 1. The van der Waals surface area contributed by atoms with Crippen LogP contribution in [0.15, 0.2) is 0 Å². The molecule has 0 spiro atoms. The Bertz CT molecular complexity index is 200. The maximum Gasteiger partial charge on any atom is 0.323 e. The molecule has 0 saturated carbocycles. The molecule has 0 amide bonds. The van der Waals surface area contributed by atoms with Gasteiger partial charge in [-0.3, -0.25) is 4.79 Å². The van der Waals surface area contributed by atoms with Gasteiger partial charge in [0.25, 0.3) is 0 Å². The lowest BCUT2D eigenvalue weighted by molar-refractivity contribution is -0.157. The van der Waals surface area contributed by atoms with Crippen molar-refractivity contribution in [3.8, 4) is 0 Å². The van der Waals surface area contributed by atoms with Gasteiger partial charge < -0.3 is 10.1 Å². The highest BCUT2D eigenvalue weighted by Crippen LogP contribution is 2.16. The number of hydrogen-bond acceptors (Lipinski definition) is 3. The number of hydrogen-bond donors (Lipinski definition) is 1. The summed E-state index contributed by atoms with van der Waals surface area (Å²) in [4.78, 5) is 11.5. The molecule has 13 heavy (non-hydrogen) atoms. The second kappa shape index (κ2) is 3.84. The lowest BCUT2D eigenvalue weighted by Gasteiger charge is -2.21. The van der Waals surface area contributed by atoms with E-state index >= 15 is 0 Å². The molecule has 1 heterocycles. The van der Waals surface area contributed by atoms with Crippen molar-refractivity contribution < 1.29 is 9.53 Å². The molecule has 2 atom stereocenters. The third kappa shape index (κ3) is 3.53. The first kappa shape index (κ1) is 10.8. The van der Waals surface area contributed by atoms with E-state index in [1.54, 1.807) is 0 Å². The van der Waals surface area contributed by atoms with Gasteiger partial charge in [-0.05, 0) is 27.2 Å². The molecule has 0 bridgehead atoms. The standard InChI is InChI=1S/C9H16ClNO2/c1-9(2,3)13-8(12)7-4-6(10)5-11-7/h6-7,11H,4-5H2,1-3H3/t6?,7-/m0/s1. The van der Waals surface area contributed by atoms with E-state index in [0.29, 0.717) is 13.0 Å². The molecular weight excluding hydrogens is 190 g/mol. The van der Waals surface area contributed by atoms with Gasteiger partial charge in [0, 0.05) is 11.9 Å². The normalized spacial score (nSPS) is 28.9. The van der Waals surface area contributed by atoms with Gasteiger partial charge in [0.05, 0.1) is 0 Å². The monoisotopic (exact) mass is 205 g/mol. The van der Waals surface area contributed by atoms with Gasteiger partial charge in [-0.25, -0.2) is 0 Å². The summed E-state index contributed by atoms with van der Waals surface area (Å²) >= 11 is 5.85. The number of carbonyl (C=O) groups is 1. The summed E-state index contributed by atoms with van der Waals surface area (Å²) in [5, 5.41) is 3.08. The van der Waals surface area contributed by atoms with Crippen molar-refractivity contribution in [2.45, 2.75) is 44.2 Å². The van der Waals surface area contributed by atoms with Gasteiger partial charge in [0.15, 0.2) is 0 Å². The van der Waals surface area contributed by atoms with Crippen LogP contribution in [0.3, 0.4) is 0 Å². The highest BCUT2D eigenvalue weighted by Gasteiger charge is 2.31. The van der Waals surface area contributed by atoms with E-state index in [1.165, 1.54) is 0 Å². The quantitative estimate of drug-likeness (QED) is 0.518. The largest absolute Gasteiger partial charge is 0.459 e. The van der Waals surface area contributed by atoms with E-state index in [0.717, 1.165) is 0 Å². The maximum absolute atomic E-state index is 11.5. The van der Waals surface area contributed by atoms with E-state index in [9.17, 15) is 4.79 Å². The fourth-order valence-corrected chi connectivity index (χ4v) is 1.51. The SMILES string of the molecule is CC(C)(C)OC(=O)[C@@H]1CC(Cl)CN1. The molecule has 1 saturated heterocycles. The maximum atomic E-state index is 11.5. The Morgan fingerprint density at radius 2 is 2.15 bits per heavy atom. The summed E-state index contributed by atoms with van der Waals surface area (Å²) in [7, 11) is 0. The van der Waals surface area contributed by atoms with E-state index in [-0.39, 0.29) is 17.4 Å². The van der Waals surface area contributed by atoms with E-state index in [1.807, 2.05) is 20.8 Å². The Morgan fingerprint density at radius 3 is 2.54 bits per heavy atom. The number of rotatable bonds is 1. The minimum atomic E-state index is -0.414. The molecule has 0 aromatic rings. The zero-order valence-electron chi connectivity index (χ0n) is 8.26. The zero-order valence-corrected chi connectivity index (χ0v) is 9.02. The molecule has 1 aliphatic heterocycles. The van der Waals surface area contributed by atoms with Crippen LogP contribution >= 0.6 is 11.6 Å². The van der Waals surface area contributed by atoms with Crippen LogP contribution in [0.1, 0.15) is 27.2 Å². The van der Waals surface area contributed by atoms with Crippen LogP contribution in [-0.2, 0) is 9.53 Å². The van der Waals surface area contributed by atoms with Crippen LogP contribution in [-0.4, -0.2) is 29.5 Å². The van der Waals surface area contributed by atoms with Crippen LogP contribution in [0, 0.1) is 0 Å². The molecule has 0 radical (unpaired) electrons. The van der Waals surface area contributed by atoms with Crippen LogP contribution in [0.5, 0.6) is 0 Å². The molecule has 0 aromatic heterocycles. The third-order valence-corrected chi connectivity index (χ3v) is 2.10. The lowest BCUT2D eigenvalue weighted by Crippen LogP contribution is -2.37. The van der Waals surface area contributed by atoms with Crippen molar-refractivity contribution in [3.05, 3.63) is 0 Å². The fourth-order valence-electron chi connectivity index (χ4n) is 1.25. The topological polar surface area (TPSA) is 38.3 Å². The Balaban J connectivity index is 2.41. The lowest BCUT2D eigenvalue weighted by atomic mass is 10.2. The number of halogens is 1. The molecule has 1 fully saturated rings. The molecule has 3 nitrogen and oxygen atoms in total. The Hall–Kier alpha value is -0.280. The first-order chi connectivity index (χ1) is 5.88. The van der Waals surface area contributed by atoms with Crippen LogP contribution in [0.4, 0.5) is 0 Å². The fraction of sp³-hybridized carbons (Fsp3) is 0.889. The Kier molecular flexibility index (Phi) is 3.19. The van der Waals surface area contributed by atoms with Gasteiger partial charge in [0.2, 0.25) is 0 Å². The summed E-state index contributed by atoms with van der Waals surface area (Å²) in [5.74, 6) is -0.198. The average molecular weight is 206 g/mol. The van der Waals surface area contributed by atoms with Crippen LogP contribution in [0.25, 0.3) is 0 Å². The summed E-state index contributed by atoms with van der Waals surface area (Å²) in [5.41, 5.74) is -0.414.